The van der Waals surface area contributed by atoms with E-state index in [0.29, 0.717) is 18.5 Å². The highest BCUT2D eigenvalue weighted by Gasteiger charge is 2.09. The van der Waals surface area contributed by atoms with Crippen LogP contribution in [0, 0.1) is 0 Å². The SMILES string of the molecule is CC(Cc1cccs1)NCC(O)COc1cnsn1. The van der Waals surface area contributed by atoms with Gasteiger partial charge in [0, 0.05) is 17.5 Å². The van der Waals surface area contributed by atoms with Crippen molar-refractivity contribution in [1.29, 1.82) is 0 Å². The molecule has 0 bridgehead atoms. The molecule has 0 fully saturated rings. The van der Waals surface area contributed by atoms with E-state index in [1.807, 2.05) is 0 Å². The Hall–Kier alpha value is -1.02. The molecule has 0 aliphatic carbocycles. The van der Waals surface area contributed by atoms with Crippen LogP contribution in [-0.2, 0) is 6.42 Å². The smallest absolute Gasteiger partial charge is 0.245 e. The highest BCUT2D eigenvalue weighted by molar-refractivity contribution is 7.09. The van der Waals surface area contributed by atoms with Crippen LogP contribution in [0.15, 0.2) is 23.7 Å². The average molecular weight is 299 g/mol. The fourth-order valence-electron chi connectivity index (χ4n) is 1.60. The first-order valence-corrected chi connectivity index (χ1v) is 7.69. The highest BCUT2D eigenvalue weighted by Crippen LogP contribution is 2.11. The molecule has 19 heavy (non-hydrogen) atoms. The van der Waals surface area contributed by atoms with Gasteiger partial charge in [0.2, 0.25) is 5.88 Å². The van der Waals surface area contributed by atoms with Crippen molar-refractivity contribution in [2.45, 2.75) is 25.5 Å². The summed E-state index contributed by atoms with van der Waals surface area (Å²) in [6.07, 6.45) is 1.97. The number of rotatable bonds is 8. The molecular formula is C12H17N3O2S2. The summed E-state index contributed by atoms with van der Waals surface area (Å²) in [5, 5.41) is 15.2. The number of nitrogens with one attached hydrogen (secondary N) is 1. The molecular weight excluding hydrogens is 282 g/mol. The topological polar surface area (TPSA) is 67.3 Å². The molecule has 0 spiro atoms. The minimum Gasteiger partial charge on any atom is -0.473 e. The van der Waals surface area contributed by atoms with Crippen LogP contribution >= 0.6 is 23.1 Å². The van der Waals surface area contributed by atoms with Crippen molar-refractivity contribution >= 4 is 23.1 Å². The Morgan fingerprint density at radius 3 is 3.11 bits per heavy atom. The van der Waals surface area contributed by atoms with Crippen LogP contribution in [0.1, 0.15) is 11.8 Å². The fraction of sp³-hybridized carbons (Fsp3) is 0.500. The van der Waals surface area contributed by atoms with Crippen molar-refractivity contribution in [3.63, 3.8) is 0 Å². The van der Waals surface area contributed by atoms with Gasteiger partial charge in [0.1, 0.15) is 18.9 Å². The zero-order valence-corrected chi connectivity index (χ0v) is 12.3. The number of hydrogen-bond acceptors (Lipinski definition) is 7. The van der Waals surface area contributed by atoms with Crippen LogP contribution in [0.2, 0.25) is 0 Å². The number of aromatic nitrogens is 2. The molecule has 2 atom stereocenters. The Kier molecular flexibility index (Phi) is 5.71. The van der Waals surface area contributed by atoms with Gasteiger partial charge < -0.3 is 15.2 Å². The summed E-state index contributed by atoms with van der Waals surface area (Å²) in [6.45, 7) is 2.84. The third-order valence-corrected chi connectivity index (χ3v) is 3.91. The molecule has 5 nitrogen and oxygen atoms in total. The largest absolute Gasteiger partial charge is 0.473 e. The maximum atomic E-state index is 9.79. The van der Waals surface area contributed by atoms with Crippen molar-refractivity contribution in [2.75, 3.05) is 13.2 Å². The Labute approximate surface area is 120 Å². The molecule has 2 aromatic heterocycles. The second kappa shape index (κ2) is 7.54. The van der Waals surface area contributed by atoms with Crippen molar-refractivity contribution in [3.8, 4) is 5.88 Å². The summed E-state index contributed by atoms with van der Waals surface area (Å²) in [6, 6.07) is 4.50. The second-order valence-corrected chi connectivity index (χ2v) is 5.89. The van der Waals surface area contributed by atoms with E-state index in [4.69, 9.17) is 4.74 Å². The predicted octanol–water partition coefficient (Wildman–Crippen LogP) is 1.56. The molecule has 0 radical (unpaired) electrons. The van der Waals surface area contributed by atoms with E-state index in [1.54, 1.807) is 17.5 Å². The molecule has 0 aromatic carbocycles. The van der Waals surface area contributed by atoms with Gasteiger partial charge in [0.15, 0.2) is 0 Å². The first-order chi connectivity index (χ1) is 9.24. The molecule has 0 saturated carbocycles. The predicted molar refractivity (Wildman–Crippen MR) is 76.9 cm³/mol. The summed E-state index contributed by atoms with van der Waals surface area (Å²) < 4.78 is 13.0. The van der Waals surface area contributed by atoms with E-state index in [1.165, 1.54) is 4.88 Å². The average Bonchev–Trinajstić information content (AvgIpc) is 3.06. The molecule has 104 valence electrons. The lowest BCUT2D eigenvalue weighted by atomic mass is 10.2. The monoisotopic (exact) mass is 299 g/mol. The molecule has 0 amide bonds. The van der Waals surface area contributed by atoms with Gasteiger partial charge in [0.25, 0.3) is 0 Å². The standard InChI is InChI=1S/C12H17N3O2S2/c1-9(5-11-3-2-4-18-11)13-6-10(16)8-17-12-7-14-19-15-12/h2-4,7,9-10,13,16H,5-6,8H2,1H3. The van der Waals surface area contributed by atoms with Crippen LogP contribution in [-0.4, -0.2) is 39.2 Å². The normalized spacial score (nSPS) is 14.2. The molecule has 0 aliphatic rings. The minimum absolute atomic E-state index is 0.226. The first-order valence-electron chi connectivity index (χ1n) is 6.08. The van der Waals surface area contributed by atoms with Crippen LogP contribution in [0.5, 0.6) is 5.88 Å². The summed E-state index contributed by atoms with van der Waals surface area (Å²) in [5.41, 5.74) is 0. The zero-order chi connectivity index (χ0) is 13.5. The lowest BCUT2D eigenvalue weighted by Crippen LogP contribution is -2.37. The Morgan fingerprint density at radius 2 is 2.42 bits per heavy atom. The summed E-state index contributed by atoms with van der Waals surface area (Å²) in [4.78, 5) is 1.35. The summed E-state index contributed by atoms with van der Waals surface area (Å²) in [7, 11) is 0. The maximum absolute atomic E-state index is 9.79. The molecule has 0 saturated heterocycles. The van der Waals surface area contributed by atoms with E-state index in [2.05, 4.69) is 38.5 Å². The minimum atomic E-state index is -0.549. The van der Waals surface area contributed by atoms with Gasteiger partial charge in [-0.2, -0.15) is 4.37 Å². The van der Waals surface area contributed by atoms with Crippen molar-refractivity contribution < 1.29 is 9.84 Å². The number of aliphatic hydroxyl groups excluding tert-OH is 1. The van der Waals surface area contributed by atoms with E-state index < -0.39 is 6.10 Å². The lowest BCUT2D eigenvalue weighted by Gasteiger charge is -2.16. The molecule has 2 rings (SSSR count). The van der Waals surface area contributed by atoms with Crippen LogP contribution < -0.4 is 10.1 Å². The lowest BCUT2D eigenvalue weighted by molar-refractivity contribution is 0.102. The molecule has 2 N–H and O–H groups in total. The van der Waals surface area contributed by atoms with E-state index in [-0.39, 0.29) is 6.61 Å². The van der Waals surface area contributed by atoms with Gasteiger partial charge in [0.05, 0.1) is 11.7 Å². The Morgan fingerprint density at radius 1 is 1.53 bits per heavy atom. The number of aliphatic hydroxyl groups is 1. The van der Waals surface area contributed by atoms with Gasteiger partial charge in [-0.15, -0.1) is 15.7 Å². The van der Waals surface area contributed by atoms with Crippen LogP contribution in [0.25, 0.3) is 0 Å². The highest BCUT2D eigenvalue weighted by atomic mass is 32.1. The number of ether oxygens (including phenoxy) is 1. The van der Waals surface area contributed by atoms with Crippen LogP contribution in [0.4, 0.5) is 0 Å². The zero-order valence-electron chi connectivity index (χ0n) is 10.7. The van der Waals surface area contributed by atoms with E-state index in [9.17, 15) is 5.11 Å². The van der Waals surface area contributed by atoms with Crippen molar-refractivity contribution in [3.05, 3.63) is 28.6 Å². The van der Waals surface area contributed by atoms with E-state index in [0.717, 1.165) is 18.1 Å². The third-order valence-electron chi connectivity index (χ3n) is 2.55. The Balaban J connectivity index is 1.61. The second-order valence-electron chi connectivity index (χ2n) is 4.30. The van der Waals surface area contributed by atoms with Gasteiger partial charge >= 0.3 is 0 Å². The molecule has 2 heterocycles. The van der Waals surface area contributed by atoms with Crippen LogP contribution in [0.3, 0.4) is 0 Å². The quantitative estimate of drug-likeness (QED) is 0.774. The Bertz CT molecular complexity index is 448. The molecule has 0 aliphatic heterocycles. The summed E-state index contributed by atoms with van der Waals surface area (Å²) in [5.74, 6) is 0.468. The number of nitrogens with zero attached hydrogens (tertiary/aromatic N) is 2. The van der Waals surface area contributed by atoms with Crippen molar-refractivity contribution in [1.82, 2.24) is 14.1 Å². The first kappa shape index (κ1) is 14.4. The fourth-order valence-corrected chi connectivity index (χ4v) is 2.80. The molecule has 7 heteroatoms. The van der Waals surface area contributed by atoms with Crippen molar-refractivity contribution in [2.24, 2.45) is 0 Å². The molecule has 2 unspecified atom stereocenters. The molecule has 2 aromatic rings. The van der Waals surface area contributed by atoms with Gasteiger partial charge in [-0.05, 0) is 24.8 Å². The summed E-state index contributed by atoms with van der Waals surface area (Å²) >= 11 is 2.84. The maximum Gasteiger partial charge on any atom is 0.245 e. The van der Waals surface area contributed by atoms with Gasteiger partial charge in [-0.3, -0.25) is 0 Å². The van der Waals surface area contributed by atoms with Gasteiger partial charge in [-0.25, -0.2) is 0 Å². The number of thiophene rings is 1. The number of hydrogen-bond donors (Lipinski definition) is 2. The third kappa shape index (κ3) is 5.23. The van der Waals surface area contributed by atoms with E-state index >= 15 is 0 Å². The van der Waals surface area contributed by atoms with Gasteiger partial charge in [-0.1, -0.05) is 6.07 Å².